The Morgan fingerprint density at radius 3 is 2.89 bits per heavy atom. The van der Waals surface area contributed by atoms with Gasteiger partial charge in [0.25, 0.3) is 0 Å². The number of rotatable bonds is 6. The third kappa shape index (κ3) is 4.60. The maximum Gasteiger partial charge on any atom is 0.246 e. The van der Waals surface area contributed by atoms with Crippen LogP contribution in [-0.4, -0.2) is 47.3 Å². The van der Waals surface area contributed by atoms with Crippen molar-refractivity contribution < 1.29 is 4.79 Å². The van der Waals surface area contributed by atoms with Gasteiger partial charge in [0.15, 0.2) is 0 Å². The summed E-state index contributed by atoms with van der Waals surface area (Å²) in [6.07, 6.45) is 4.64. The lowest BCUT2D eigenvalue weighted by atomic mass is 10.1. The van der Waals surface area contributed by atoms with Gasteiger partial charge in [-0.3, -0.25) is 9.48 Å². The highest BCUT2D eigenvalue weighted by molar-refractivity contribution is 6.31. The fraction of sp³-hybridized carbons (Fsp3) is 0.429. The van der Waals surface area contributed by atoms with Crippen LogP contribution in [0, 0.1) is 19.8 Å². The first-order valence-corrected chi connectivity index (χ1v) is 9.76. The lowest BCUT2D eigenvalue weighted by molar-refractivity contribution is -0.125. The van der Waals surface area contributed by atoms with E-state index >= 15 is 0 Å². The fourth-order valence-corrected chi connectivity index (χ4v) is 3.84. The first-order valence-electron chi connectivity index (χ1n) is 9.38. The van der Waals surface area contributed by atoms with Crippen molar-refractivity contribution in [3.63, 3.8) is 0 Å². The first kappa shape index (κ1) is 19.6. The van der Waals surface area contributed by atoms with Crippen molar-refractivity contribution in [1.82, 2.24) is 20.0 Å². The molecule has 3 rings (SSSR count). The van der Waals surface area contributed by atoms with Gasteiger partial charge in [0, 0.05) is 35.4 Å². The van der Waals surface area contributed by atoms with Gasteiger partial charge in [0.1, 0.15) is 0 Å². The quantitative estimate of drug-likeness (QED) is 0.775. The number of nitrogens with one attached hydrogen (secondary N) is 1. The zero-order valence-electron chi connectivity index (χ0n) is 16.2. The van der Waals surface area contributed by atoms with E-state index in [1.807, 2.05) is 60.8 Å². The number of nitrogens with zero attached hydrogens (tertiary/aromatic N) is 3. The Labute approximate surface area is 166 Å². The molecule has 5 nitrogen and oxygen atoms in total. The molecule has 0 bridgehead atoms. The minimum absolute atomic E-state index is 0.0752. The van der Waals surface area contributed by atoms with Gasteiger partial charge in [-0.2, -0.15) is 5.10 Å². The molecule has 1 aliphatic heterocycles. The van der Waals surface area contributed by atoms with Gasteiger partial charge in [-0.1, -0.05) is 29.8 Å². The van der Waals surface area contributed by atoms with E-state index in [0.29, 0.717) is 12.5 Å². The van der Waals surface area contributed by atoms with Gasteiger partial charge >= 0.3 is 0 Å². The number of hydrogen-bond acceptors (Lipinski definition) is 3. The Kier molecular flexibility index (Phi) is 6.34. The van der Waals surface area contributed by atoms with Crippen LogP contribution in [0.15, 0.2) is 30.3 Å². The zero-order chi connectivity index (χ0) is 19.4. The SMILES string of the molecule is CNCC1CCN(C(=O)/C=C/c2c(C)nn(Cc3ccccc3Cl)c2C)C1. The number of amides is 1. The summed E-state index contributed by atoms with van der Waals surface area (Å²) >= 11 is 6.27. The molecule has 6 heteroatoms. The summed E-state index contributed by atoms with van der Waals surface area (Å²) in [4.78, 5) is 14.4. The summed E-state index contributed by atoms with van der Waals surface area (Å²) < 4.78 is 1.94. The number of carbonyl (C=O) groups is 1. The van der Waals surface area contributed by atoms with Crippen molar-refractivity contribution in [2.75, 3.05) is 26.7 Å². The Hall–Kier alpha value is -2.11. The molecule has 0 radical (unpaired) electrons. The fourth-order valence-electron chi connectivity index (χ4n) is 3.64. The Morgan fingerprint density at radius 2 is 2.15 bits per heavy atom. The molecule has 1 aromatic heterocycles. The highest BCUT2D eigenvalue weighted by Gasteiger charge is 2.24. The molecule has 0 saturated carbocycles. The van der Waals surface area contributed by atoms with Crippen LogP contribution in [0.2, 0.25) is 5.02 Å². The maximum absolute atomic E-state index is 12.5. The number of halogens is 1. The van der Waals surface area contributed by atoms with Crippen molar-refractivity contribution in [2.45, 2.75) is 26.8 Å². The van der Waals surface area contributed by atoms with E-state index in [9.17, 15) is 4.79 Å². The lowest BCUT2D eigenvalue weighted by Crippen LogP contribution is -2.28. The van der Waals surface area contributed by atoms with Gasteiger partial charge in [-0.05, 0) is 57.5 Å². The van der Waals surface area contributed by atoms with Crippen LogP contribution >= 0.6 is 11.6 Å². The maximum atomic E-state index is 12.5. The van der Waals surface area contributed by atoms with E-state index in [0.717, 1.165) is 53.6 Å². The van der Waals surface area contributed by atoms with Crippen molar-refractivity contribution in [3.05, 3.63) is 57.9 Å². The van der Waals surface area contributed by atoms with Crippen LogP contribution < -0.4 is 5.32 Å². The molecular weight excluding hydrogens is 360 g/mol. The second-order valence-electron chi connectivity index (χ2n) is 7.16. The normalized spacial score (nSPS) is 17.2. The predicted octanol–water partition coefficient (Wildman–Crippen LogP) is 3.28. The monoisotopic (exact) mass is 386 g/mol. The molecule has 1 N–H and O–H groups in total. The van der Waals surface area contributed by atoms with Crippen LogP contribution in [0.25, 0.3) is 6.08 Å². The van der Waals surface area contributed by atoms with Crippen LogP contribution in [0.5, 0.6) is 0 Å². The summed E-state index contributed by atoms with van der Waals surface area (Å²) in [5, 5.41) is 8.56. The molecule has 144 valence electrons. The molecular formula is C21H27ClN4O. The highest BCUT2D eigenvalue weighted by Crippen LogP contribution is 2.21. The second kappa shape index (κ2) is 8.72. The van der Waals surface area contributed by atoms with E-state index in [4.69, 9.17) is 11.6 Å². The van der Waals surface area contributed by atoms with Crippen LogP contribution in [0.4, 0.5) is 0 Å². The van der Waals surface area contributed by atoms with Crippen molar-refractivity contribution >= 4 is 23.6 Å². The highest BCUT2D eigenvalue weighted by atomic mass is 35.5. The van der Waals surface area contributed by atoms with E-state index in [1.165, 1.54) is 0 Å². The number of aromatic nitrogens is 2. The largest absolute Gasteiger partial charge is 0.339 e. The number of hydrogen-bond donors (Lipinski definition) is 1. The van der Waals surface area contributed by atoms with Crippen molar-refractivity contribution in [1.29, 1.82) is 0 Å². The molecule has 1 aromatic carbocycles. The average Bonchev–Trinajstić information content (AvgIpc) is 3.21. The summed E-state index contributed by atoms with van der Waals surface area (Å²) in [5.74, 6) is 0.625. The molecule has 1 atom stereocenters. The molecule has 2 heterocycles. The van der Waals surface area contributed by atoms with Crippen LogP contribution in [0.3, 0.4) is 0 Å². The van der Waals surface area contributed by atoms with E-state index < -0.39 is 0 Å². The molecule has 2 aromatic rings. The van der Waals surface area contributed by atoms with Gasteiger partial charge in [0.05, 0.1) is 12.2 Å². The number of aryl methyl sites for hydroxylation is 1. The van der Waals surface area contributed by atoms with Crippen molar-refractivity contribution in [3.8, 4) is 0 Å². The zero-order valence-corrected chi connectivity index (χ0v) is 17.0. The molecule has 1 saturated heterocycles. The Balaban J connectivity index is 1.70. The first-order chi connectivity index (χ1) is 13.0. The van der Waals surface area contributed by atoms with Crippen LogP contribution in [0.1, 0.15) is 28.9 Å². The number of likely N-dealkylation sites (tertiary alicyclic amines) is 1. The third-order valence-corrected chi connectivity index (χ3v) is 5.57. The second-order valence-corrected chi connectivity index (χ2v) is 7.57. The molecule has 1 aliphatic rings. The Morgan fingerprint density at radius 1 is 1.37 bits per heavy atom. The van der Waals surface area contributed by atoms with E-state index in [2.05, 4.69) is 10.4 Å². The molecule has 27 heavy (non-hydrogen) atoms. The summed E-state index contributed by atoms with van der Waals surface area (Å²) in [5.41, 5.74) is 3.98. The molecule has 0 aliphatic carbocycles. The molecule has 1 unspecified atom stereocenters. The van der Waals surface area contributed by atoms with Gasteiger partial charge < -0.3 is 10.2 Å². The minimum Gasteiger partial charge on any atom is -0.339 e. The minimum atomic E-state index is 0.0752. The van der Waals surface area contributed by atoms with Crippen molar-refractivity contribution in [2.24, 2.45) is 5.92 Å². The van der Waals surface area contributed by atoms with Crippen LogP contribution in [-0.2, 0) is 11.3 Å². The average molecular weight is 387 g/mol. The Bertz CT molecular complexity index is 843. The van der Waals surface area contributed by atoms with E-state index in [-0.39, 0.29) is 5.91 Å². The molecule has 1 amide bonds. The summed E-state index contributed by atoms with van der Waals surface area (Å²) in [6, 6.07) is 7.79. The predicted molar refractivity (Wildman–Crippen MR) is 110 cm³/mol. The molecule has 0 spiro atoms. The smallest absolute Gasteiger partial charge is 0.246 e. The van der Waals surface area contributed by atoms with E-state index in [1.54, 1.807) is 6.08 Å². The number of carbonyl (C=O) groups excluding carboxylic acids is 1. The van der Waals surface area contributed by atoms with Gasteiger partial charge in [0.2, 0.25) is 5.91 Å². The third-order valence-electron chi connectivity index (χ3n) is 5.20. The topological polar surface area (TPSA) is 50.2 Å². The summed E-state index contributed by atoms with van der Waals surface area (Å²) in [7, 11) is 1.95. The van der Waals surface area contributed by atoms with Gasteiger partial charge in [-0.25, -0.2) is 0 Å². The standard InChI is InChI=1S/C21H27ClN4O/c1-15-19(8-9-21(27)25-11-10-17(13-25)12-23-3)16(2)26(24-15)14-18-6-4-5-7-20(18)22/h4-9,17,23H,10-14H2,1-3H3/b9-8+. The number of benzene rings is 1. The van der Waals surface area contributed by atoms with Gasteiger partial charge in [-0.15, -0.1) is 0 Å². The molecule has 1 fully saturated rings. The lowest BCUT2D eigenvalue weighted by Gasteiger charge is -2.14. The summed E-state index contributed by atoms with van der Waals surface area (Å²) in [6.45, 7) is 7.23.